The summed E-state index contributed by atoms with van der Waals surface area (Å²) in [4.78, 5) is 15.0. The fourth-order valence-electron chi connectivity index (χ4n) is 3.66. The molecule has 0 spiro atoms. The monoisotopic (exact) mass is 360 g/mol. The molecule has 0 radical (unpaired) electrons. The Labute approximate surface area is 159 Å². The van der Waals surface area contributed by atoms with E-state index in [1.165, 1.54) is 16.5 Å². The second-order valence-electron chi connectivity index (χ2n) is 7.21. The molecule has 138 valence electrons. The van der Waals surface area contributed by atoms with Gasteiger partial charge in [0.15, 0.2) is 0 Å². The summed E-state index contributed by atoms with van der Waals surface area (Å²) in [5.74, 6) is 0.469. The average molecular weight is 360 g/mol. The van der Waals surface area contributed by atoms with Crippen LogP contribution in [-0.4, -0.2) is 38.1 Å². The van der Waals surface area contributed by atoms with Gasteiger partial charge in [0.2, 0.25) is 0 Å². The van der Waals surface area contributed by atoms with Gasteiger partial charge in [-0.25, -0.2) is 0 Å². The van der Waals surface area contributed by atoms with Crippen LogP contribution in [0.1, 0.15) is 21.5 Å². The molecule has 0 saturated heterocycles. The molecule has 1 amide bonds. The zero-order valence-corrected chi connectivity index (χ0v) is 15.8. The lowest BCUT2D eigenvalue weighted by Gasteiger charge is -2.15. The third kappa shape index (κ3) is 3.53. The summed E-state index contributed by atoms with van der Waals surface area (Å²) in [5.41, 5.74) is 4.14. The largest absolute Gasteiger partial charge is 0.491 e. The highest BCUT2D eigenvalue weighted by molar-refractivity contribution is 6.11. The molecular formula is C23H24N2O2. The van der Waals surface area contributed by atoms with E-state index in [0.29, 0.717) is 17.9 Å². The molecule has 4 nitrogen and oxygen atoms in total. The van der Waals surface area contributed by atoms with E-state index >= 15 is 0 Å². The van der Waals surface area contributed by atoms with Crippen molar-refractivity contribution in [3.63, 3.8) is 0 Å². The average Bonchev–Trinajstić information content (AvgIpc) is 3.09. The van der Waals surface area contributed by atoms with Crippen molar-refractivity contribution in [2.24, 2.45) is 0 Å². The number of anilines is 1. The van der Waals surface area contributed by atoms with Crippen LogP contribution in [-0.2, 0) is 12.8 Å². The number of nitrogens with one attached hydrogen (secondary N) is 1. The van der Waals surface area contributed by atoms with Gasteiger partial charge in [-0.2, -0.15) is 0 Å². The van der Waals surface area contributed by atoms with E-state index in [9.17, 15) is 4.79 Å². The number of benzene rings is 3. The standard InChI is InChI=1S/C23H24N2O2/c1-25(2)14-15-27-21-9-4-3-7-19(21)23(26)24-20-13-12-17-11-10-16-6-5-8-18(20)22(16)17/h3-9,12-13H,10-11,14-15H2,1-2H3,(H,24,26). The van der Waals surface area contributed by atoms with Crippen molar-refractivity contribution in [1.29, 1.82) is 0 Å². The van der Waals surface area contributed by atoms with Gasteiger partial charge in [0.05, 0.1) is 5.56 Å². The van der Waals surface area contributed by atoms with E-state index in [4.69, 9.17) is 4.74 Å². The van der Waals surface area contributed by atoms with Gasteiger partial charge in [-0.15, -0.1) is 0 Å². The molecule has 4 rings (SSSR count). The molecule has 1 N–H and O–H groups in total. The normalized spacial score (nSPS) is 12.6. The number of nitrogens with zero attached hydrogens (tertiary/aromatic N) is 1. The highest BCUT2D eigenvalue weighted by Crippen LogP contribution is 2.35. The van der Waals surface area contributed by atoms with Crippen molar-refractivity contribution in [1.82, 2.24) is 4.90 Å². The molecule has 27 heavy (non-hydrogen) atoms. The Balaban J connectivity index is 1.60. The van der Waals surface area contributed by atoms with E-state index < -0.39 is 0 Å². The number of carbonyl (C=O) groups excluding carboxylic acids is 1. The van der Waals surface area contributed by atoms with Crippen LogP contribution in [0.2, 0.25) is 0 Å². The number of likely N-dealkylation sites (N-methyl/N-ethyl adjacent to an activating group) is 1. The minimum atomic E-state index is -0.144. The lowest BCUT2D eigenvalue weighted by molar-refractivity contribution is 0.102. The molecular weight excluding hydrogens is 336 g/mol. The molecule has 1 aliphatic rings. The second kappa shape index (κ2) is 7.41. The number of amides is 1. The highest BCUT2D eigenvalue weighted by atomic mass is 16.5. The van der Waals surface area contributed by atoms with Gasteiger partial charge >= 0.3 is 0 Å². The summed E-state index contributed by atoms with van der Waals surface area (Å²) >= 11 is 0. The van der Waals surface area contributed by atoms with E-state index in [1.54, 1.807) is 6.07 Å². The zero-order valence-electron chi connectivity index (χ0n) is 15.8. The minimum absolute atomic E-state index is 0.144. The van der Waals surface area contributed by atoms with E-state index in [2.05, 4.69) is 34.5 Å². The van der Waals surface area contributed by atoms with Crippen LogP contribution in [0.15, 0.2) is 54.6 Å². The SMILES string of the molecule is CN(C)CCOc1ccccc1C(=O)Nc1ccc2c3c(cccc13)CC2. The maximum atomic E-state index is 13.0. The molecule has 0 aromatic heterocycles. The summed E-state index contributed by atoms with van der Waals surface area (Å²) in [7, 11) is 4.00. The predicted molar refractivity (Wildman–Crippen MR) is 110 cm³/mol. The van der Waals surface area contributed by atoms with Gasteiger partial charge in [0.1, 0.15) is 12.4 Å². The van der Waals surface area contributed by atoms with Crippen LogP contribution in [0.3, 0.4) is 0 Å². The molecule has 3 aromatic carbocycles. The lowest BCUT2D eigenvalue weighted by Crippen LogP contribution is -2.20. The first kappa shape index (κ1) is 17.6. The molecule has 0 saturated carbocycles. The summed E-state index contributed by atoms with van der Waals surface area (Å²) in [5, 5.41) is 5.50. The number of carbonyl (C=O) groups is 1. The number of rotatable bonds is 6. The third-order valence-corrected chi connectivity index (χ3v) is 5.05. The van der Waals surface area contributed by atoms with Gasteiger partial charge in [0.25, 0.3) is 5.91 Å². The molecule has 0 aliphatic heterocycles. The van der Waals surface area contributed by atoms with E-state index in [-0.39, 0.29) is 5.91 Å². The first-order valence-corrected chi connectivity index (χ1v) is 9.35. The fourth-order valence-corrected chi connectivity index (χ4v) is 3.66. The molecule has 0 heterocycles. The van der Waals surface area contributed by atoms with Crippen molar-refractivity contribution < 1.29 is 9.53 Å². The molecule has 0 bridgehead atoms. The van der Waals surface area contributed by atoms with E-state index in [0.717, 1.165) is 30.5 Å². The van der Waals surface area contributed by atoms with Gasteiger partial charge in [-0.3, -0.25) is 4.79 Å². The van der Waals surface area contributed by atoms with Crippen LogP contribution in [0.4, 0.5) is 5.69 Å². The Bertz CT molecular complexity index is 985. The first-order chi connectivity index (χ1) is 13.1. The number of ether oxygens (including phenoxy) is 1. The third-order valence-electron chi connectivity index (χ3n) is 5.05. The van der Waals surface area contributed by atoms with Gasteiger partial charge < -0.3 is 15.0 Å². The van der Waals surface area contributed by atoms with Gasteiger partial charge in [-0.05, 0) is 61.6 Å². The van der Waals surface area contributed by atoms with E-state index in [1.807, 2.05) is 38.4 Å². The fraction of sp³-hybridized carbons (Fsp3) is 0.261. The second-order valence-corrected chi connectivity index (χ2v) is 7.21. The Morgan fingerprint density at radius 2 is 1.78 bits per heavy atom. The van der Waals surface area contributed by atoms with Crippen LogP contribution in [0.5, 0.6) is 5.75 Å². The van der Waals surface area contributed by atoms with Crippen molar-refractivity contribution in [3.8, 4) is 5.75 Å². The Hall–Kier alpha value is -2.85. The number of para-hydroxylation sites is 1. The lowest BCUT2D eigenvalue weighted by atomic mass is 10.0. The molecule has 4 heteroatoms. The quantitative estimate of drug-likeness (QED) is 0.719. The predicted octanol–water partition coefficient (Wildman–Crippen LogP) is 4.13. The van der Waals surface area contributed by atoms with Crippen LogP contribution in [0.25, 0.3) is 10.8 Å². The van der Waals surface area contributed by atoms with Crippen LogP contribution in [0, 0.1) is 0 Å². The maximum absolute atomic E-state index is 13.0. The maximum Gasteiger partial charge on any atom is 0.259 e. The smallest absolute Gasteiger partial charge is 0.259 e. The van der Waals surface area contributed by atoms with Crippen LogP contribution < -0.4 is 10.1 Å². The molecule has 0 fully saturated rings. The Morgan fingerprint density at radius 1 is 1.00 bits per heavy atom. The topological polar surface area (TPSA) is 41.6 Å². The summed E-state index contributed by atoms with van der Waals surface area (Å²) in [6.07, 6.45) is 2.15. The van der Waals surface area contributed by atoms with Crippen LogP contribution >= 0.6 is 0 Å². The summed E-state index contributed by atoms with van der Waals surface area (Å²) in [6, 6.07) is 17.9. The van der Waals surface area contributed by atoms with Gasteiger partial charge in [-0.1, -0.05) is 36.4 Å². The molecule has 0 atom stereocenters. The molecule has 3 aromatic rings. The van der Waals surface area contributed by atoms with Crippen molar-refractivity contribution in [2.45, 2.75) is 12.8 Å². The Morgan fingerprint density at radius 3 is 2.59 bits per heavy atom. The zero-order chi connectivity index (χ0) is 18.8. The Kier molecular flexibility index (Phi) is 4.82. The molecule has 1 aliphatic carbocycles. The first-order valence-electron chi connectivity index (χ1n) is 9.35. The van der Waals surface area contributed by atoms with Crippen molar-refractivity contribution in [2.75, 3.05) is 32.6 Å². The minimum Gasteiger partial charge on any atom is -0.491 e. The highest BCUT2D eigenvalue weighted by Gasteiger charge is 2.18. The number of aryl methyl sites for hydroxylation is 2. The van der Waals surface area contributed by atoms with Gasteiger partial charge in [0, 0.05) is 17.6 Å². The number of hydrogen-bond donors (Lipinski definition) is 1. The van der Waals surface area contributed by atoms with Crippen molar-refractivity contribution in [3.05, 3.63) is 71.3 Å². The summed E-state index contributed by atoms with van der Waals surface area (Å²) < 4.78 is 5.84. The number of hydrogen-bond acceptors (Lipinski definition) is 3. The molecule has 0 unspecified atom stereocenters. The summed E-state index contributed by atoms with van der Waals surface area (Å²) in [6.45, 7) is 1.34. The van der Waals surface area contributed by atoms with Crippen molar-refractivity contribution >= 4 is 22.4 Å².